The molecule has 0 spiro atoms. The zero-order valence-electron chi connectivity index (χ0n) is 23.6. The molecule has 1 aromatic heterocycles. The number of hydrogen-bond acceptors (Lipinski definition) is 6. The predicted octanol–water partition coefficient (Wildman–Crippen LogP) is 8.78. The largest absolute Gasteiger partial charge is 0.485 e. The van der Waals surface area contributed by atoms with E-state index in [-0.39, 0.29) is 36.9 Å². The molecular weight excluding hydrogens is 576 g/mol. The highest BCUT2D eigenvalue weighted by Crippen LogP contribution is 2.41. The molecule has 0 saturated carbocycles. The van der Waals surface area contributed by atoms with Gasteiger partial charge in [0.1, 0.15) is 25.4 Å². The van der Waals surface area contributed by atoms with Crippen molar-refractivity contribution in [2.45, 2.75) is 19.8 Å². The maximum atomic E-state index is 13.8. The summed E-state index contributed by atoms with van der Waals surface area (Å²) >= 11 is 5.66. The van der Waals surface area contributed by atoms with Crippen LogP contribution in [0, 0.1) is 0 Å². The average molecular weight is 603 g/mol. The molecule has 218 valence electrons. The number of benzene rings is 5. The molecule has 0 unspecified atom stereocenters. The summed E-state index contributed by atoms with van der Waals surface area (Å²) < 4.78 is 24.8. The Bertz CT molecular complexity index is 1830. The van der Waals surface area contributed by atoms with Gasteiger partial charge in [0.2, 0.25) is 11.5 Å². The van der Waals surface area contributed by atoms with Crippen LogP contribution in [0.2, 0.25) is 0 Å². The van der Waals surface area contributed by atoms with Crippen molar-refractivity contribution in [1.29, 1.82) is 0 Å². The SMILES string of the molecule is O=C(Cl)c1ccc2oc(C(=O)c3cc(OCc4ccccc4)c(OCc4ccccc4)c(OCc4ccccc4)c3)cc2c1. The number of hydrogen-bond donors (Lipinski definition) is 0. The average Bonchev–Trinajstić information content (AvgIpc) is 3.50. The summed E-state index contributed by atoms with van der Waals surface area (Å²) in [7, 11) is 0. The first kappa shape index (κ1) is 28.8. The lowest BCUT2D eigenvalue weighted by molar-refractivity contribution is 0.101. The highest BCUT2D eigenvalue weighted by Gasteiger charge is 2.23. The Balaban J connectivity index is 1.39. The summed E-state index contributed by atoms with van der Waals surface area (Å²) in [5.41, 5.74) is 3.92. The number of ketones is 1. The molecule has 0 fully saturated rings. The van der Waals surface area contributed by atoms with Crippen molar-refractivity contribution in [2.75, 3.05) is 0 Å². The molecule has 5 aromatic carbocycles. The zero-order valence-corrected chi connectivity index (χ0v) is 24.3. The molecule has 44 heavy (non-hydrogen) atoms. The summed E-state index contributed by atoms with van der Waals surface area (Å²) in [6.07, 6.45) is 0. The van der Waals surface area contributed by atoms with Crippen LogP contribution in [0.15, 0.2) is 132 Å². The van der Waals surface area contributed by atoms with Gasteiger partial charge < -0.3 is 18.6 Å². The third-order valence-electron chi connectivity index (χ3n) is 6.95. The Morgan fingerprint density at radius 1 is 0.568 bits per heavy atom. The lowest BCUT2D eigenvalue weighted by Gasteiger charge is -2.19. The molecule has 1 heterocycles. The second-order valence-electron chi connectivity index (χ2n) is 10.1. The Labute approximate surface area is 259 Å². The first-order valence-electron chi connectivity index (χ1n) is 14.0. The van der Waals surface area contributed by atoms with Crippen molar-refractivity contribution in [3.05, 3.63) is 161 Å². The van der Waals surface area contributed by atoms with E-state index in [1.807, 2.05) is 91.0 Å². The predicted molar refractivity (Wildman–Crippen MR) is 169 cm³/mol. The first-order chi connectivity index (χ1) is 21.5. The van der Waals surface area contributed by atoms with Gasteiger partial charge in [-0.3, -0.25) is 9.59 Å². The molecule has 6 rings (SSSR count). The van der Waals surface area contributed by atoms with Crippen LogP contribution in [-0.2, 0) is 19.8 Å². The second kappa shape index (κ2) is 13.3. The van der Waals surface area contributed by atoms with Crippen molar-refractivity contribution >= 4 is 33.6 Å². The van der Waals surface area contributed by atoms with Gasteiger partial charge in [0.15, 0.2) is 17.3 Å². The summed E-state index contributed by atoms with van der Waals surface area (Å²) in [6, 6.07) is 38.9. The second-order valence-corrected chi connectivity index (χ2v) is 10.4. The van der Waals surface area contributed by atoms with Gasteiger partial charge in [0.25, 0.3) is 5.24 Å². The van der Waals surface area contributed by atoms with Gasteiger partial charge in [-0.05, 0) is 64.7 Å². The van der Waals surface area contributed by atoms with Gasteiger partial charge in [-0.25, -0.2) is 0 Å². The van der Waals surface area contributed by atoms with Gasteiger partial charge >= 0.3 is 0 Å². The van der Waals surface area contributed by atoms with Gasteiger partial charge in [-0.2, -0.15) is 0 Å². The topological polar surface area (TPSA) is 75.0 Å². The van der Waals surface area contributed by atoms with Crippen LogP contribution in [0.25, 0.3) is 11.0 Å². The molecule has 0 radical (unpaired) electrons. The van der Waals surface area contributed by atoms with Crippen molar-refractivity contribution in [3.8, 4) is 17.2 Å². The molecule has 0 atom stereocenters. The molecular formula is C37H27ClO6. The molecule has 0 aliphatic rings. The molecule has 0 bridgehead atoms. The minimum absolute atomic E-state index is 0.0974. The molecule has 0 aliphatic carbocycles. The molecule has 0 saturated heterocycles. The molecule has 0 N–H and O–H groups in total. The fraction of sp³-hybridized carbons (Fsp3) is 0.0811. The molecule has 0 amide bonds. The normalized spacial score (nSPS) is 10.8. The van der Waals surface area contributed by atoms with Crippen LogP contribution in [-0.4, -0.2) is 11.0 Å². The molecule has 7 heteroatoms. The number of furan rings is 1. The number of carbonyl (C=O) groups is 2. The van der Waals surface area contributed by atoms with Crippen molar-refractivity contribution in [3.63, 3.8) is 0 Å². The number of ether oxygens (including phenoxy) is 3. The van der Waals surface area contributed by atoms with E-state index in [1.165, 1.54) is 0 Å². The van der Waals surface area contributed by atoms with Crippen LogP contribution < -0.4 is 14.2 Å². The standard InChI is InChI=1S/C37H27ClO6/c38-37(40)28-16-17-31-29(18-28)19-32(44-31)35(39)30-20-33(41-22-25-10-4-1-5-11-25)36(43-24-27-14-8-3-9-15-27)34(21-30)42-23-26-12-6-2-7-13-26/h1-21H,22-24H2. The third kappa shape index (κ3) is 6.83. The molecule has 0 aliphatic heterocycles. The van der Waals surface area contributed by atoms with Gasteiger partial charge in [0, 0.05) is 16.5 Å². The van der Waals surface area contributed by atoms with E-state index in [9.17, 15) is 9.59 Å². The molecule has 6 aromatic rings. The van der Waals surface area contributed by atoms with E-state index in [0.29, 0.717) is 33.8 Å². The van der Waals surface area contributed by atoms with Crippen LogP contribution >= 0.6 is 11.6 Å². The lowest BCUT2D eigenvalue weighted by atomic mass is 10.1. The maximum Gasteiger partial charge on any atom is 0.252 e. The zero-order chi connectivity index (χ0) is 30.3. The number of carbonyl (C=O) groups excluding carboxylic acids is 2. The minimum Gasteiger partial charge on any atom is -0.485 e. The fourth-order valence-corrected chi connectivity index (χ4v) is 4.80. The number of fused-ring (bicyclic) bond motifs is 1. The van der Waals surface area contributed by atoms with Crippen LogP contribution in [0.3, 0.4) is 0 Å². The van der Waals surface area contributed by atoms with Crippen LogP contribution in [0.1, 0.15) is 43.2 Å². The highest BCUT2D eigenvalue weighted by molar-refractivity contribution is 6.67. The van der Waals surface area contributed by atoms with E-state index in [0.717, 1.165) is 16.7 Å². The number of halogens is 1. The highest BCUT2D eigenvalue weighted by atomic mass is 35.5. The monoisotopic (exact) mass is 602 g/mol. The Hall–Kier alpha value is -5.33. The van der Waals surface area contributed by atoms with Crippen LogP contribution in [0.4, 0.5) is 0 Å². The maximum absolute atomic E-state index is 13.8. The van der Waals surface area contributed by atoms with Gasteiger partial charge in [-0.15, -0.1) is 0 Å². The van der Waals surface area contributed by atoms with E-state index in [1.54, 1.807) is 36.4 Å². The van der Waals surface area contributed by atoms with Crippen molar-refractivity contribution in [1.82, 2.24) is 0 Å². The minimum atomic E-state index is -0.590. The quantitative estimate of drug-likeness (QED) is 0.103. The Morgan fingerprint density at radius 2 is 1.07 bits per heavy atom. The van der Waals surface area contributed by atoms with E-state index < -0.39 is 5.24 Å². The van der Waals surface area contributed by atoms with Crippen molar-refractivity contribution in [2.24, 2.45) is 0 Å². The van der Waals surface area contributed by atoms with E-state index in [4.69, 9.17) is 30.2 Å². The first-order valence-corrected chi connectivity index (χ1v) is 14.4. The van der Waals surface area contributed by atoms with E-state index in [2.05, 4.69) is 0 Å². The van der Waals surface area contributed by atoms with Gasteiger partial charge in [0.05, 0.1) is 0 Å². The Morgan fingerprint density at radius 3 is 1.57 bits per heavy atom. The number of rotatable bonds is 12. The van der Waals surface area contributed by atoms with E-state index >= 15 is 0 Å². The lowest BCUT2D eigenvalue weighted by Crippen LogP contribution is -2.07. The van der Waals surface area contributed by atoms with Crippen LogP contribution in [0.5, 0.6) is 17.2 Å². The Kier molecular flexibility index (Phi) is 8.71. The van der Waals surface area contributed by atoms with Crippen molar-refractivity contribution < 1.29 is 28.2 Å². The third-order valence-corrected chi connectivity index (χ3v) is 7.17. The summed E-state index contributed by atoms with van der Waals surface area (Å²) in [5, 5.41) is -0.00347. The van der Waals surface area contributed by atoms with Gasteiger partial charge in [-0.1, -0.05) is 91.0 Å². The summed E-state index contributed by atoms with van der Waals surface area (Å²) in [6.45, 7) is 0.763. The smallest absolute Gasteiger partial charge is 0.252 e. The fourth-order valence-electron chi connectivity index (χ4n) is 4.68. The molecule has 6 nitrogen and oxygen atoms in total. The summed E-state index contributed by atoms with van der Waals surface area (Å²) in [4.78, 5) is 25.5. The summed E-state index contributed by atoms with van der Waals surface area (Å²) in [5.74, 6) is 0.797.